The molecule has 0 rings (SSSR count). The molecule has 0 spiro atoms. The summed E-state index contributed by atoms with van der Waals surface area (Å²) >= 11 is 0. The number of aliphatic carboxylic acids is 1. The van der Waals surface area contributed by atoms with Gasteiger partial charge in [0.05, 0.1) is 19.6 Å². The molecule has 0 amide bonds. The van der Waals surface area contributed by atoms with E-state index in [9.17, 15) is 25.0 Å². The zero-order valence-electron chi connectivity index (χ0n) is 8.51. The molecule has 1 N–H and O–H groups in total. The quantitative estimate of drug-likeness (QED) is 0.302. The molecule has 1 atom stereocenters. The zero-order chi connectivity index (χ0) is 13.3. The number of hydrogen-bond donors (Lipinski definition) is 1. The fourth-order valence-electron chi connectivity index (χ4n) is 0.749. The average molecular weight is 254 g/mol. The number of hydrogen-bond acceptors (Lipinski definition) is 8. The van der Waals surface area contributed by atoms with Crippen LogP contribution in [0.4, 0.5) is 0 Å². The Morgan fingerprint density at radius 2 is 1.88 bits per heavy atom. The van der Waals surface area contributed by atoms with Gasteiger partial charge in [0.15, 0.2) is 6.10 Å². The van der Waals surface area contributed by atoms with Crippen LogP contribution in [0.1, 0.15) is 6.42 Å². The number of carboxylic acids is 1. The van der Waals surface area contributed by atoms with Gasteiger partial charge in [0.25, 0.3) is 10.2 Å². The summed E-state index contributed by atoms with van der Waals surface area (Å²) < 4.78 is 4.73. The van der Waals surface area contributed by atoms with Gasteiger partial charge in [-0.25, -0.2) is 0 Å². The maximum atomic E-state index is 10.1. The Hall–Kier alpha value is -2.17. The lowest BCUT2D eigenvalue weighted by molar-refractivity contribution is -0.790. The first kappa shape index (κ1) is 14.8. The largest absolute Gasteiger partial charge is 0.481 e. The molecule has 0 bridgehead atoms. The van der Waals surface area contributed by atoms with E-state index in [1.807, 2.05) is 0 Å². The van der Waals surface area contributed by atoms with Crippen molar-refractivity contribution in [2.75, 3.05) is 19.8 Å². The van der Waals surface area contributed by atoms with Gasteiger partial charge >= 0.3 is 5.97 Å². The monoisotopic (exact) mass is 254 g/mol. The first-order valence-corrected chi connectivity index (χ1v) is 4.29. The SMILES string of the molecule is O=C(O)CCOC[C@@H](CO[N+](=O)[O-])O[N+](=O)[O-]. The van der Waals surface area contributed by atoms with Crippen LogP contribution in [-0.4, -0.2) is 47.2 Å². The number of ether oxygens (including phenoxy) is 1. The van der Waals surface area contributed by atoms with Crippen LogP contribution in [0.15, 0.2) is 0 Å². The molecule has 0 heterocycles. The smallest absolute Gasteiger partial charge is 0.305 e. The van der Waals surface area contributed by atoms with Crippen molar-refractivity contribution in [1.82, 2.24) is 0 Å². The third-order valence-corrected chi connectivity index (χ3v) is 1.36. The van der Waals surface area contributed by atoms with Gasteiger partial charge in [-0.15, -0.1) is 20.2 Å². The normalized spacial score (nSPS) is 11.5. The minimum atomic E-state index is -1.29. The van der Waals surface area contributed by atoms with Gasteiger partial charge in [-0.2, -0.15) is 0 Å². The third kappa shape index (κ3) is 10.1. The van der Waals surface area contributed by atoms with E-state index in [2.05, 4.69) is 9.68 Å². The molecule has 0 aromatic heterocycles. The van der Waals surface area contributed by atoms with Crippen molar-refractivity contribution in [3.8, 4) is 0 Å². The van der Waals surface area contributed by atoms with E-state index in [4.69, 9.17) is 9.84 Å². The van der Waals surface area contributed by atoms with Gasteiger partial charge < -0.3 is 19.5 Å². The minimum absolute atomic E-state index is 0.189. The Kier molecular flexibility index (Phi) is 7.01. The highest BCUT2D eigenvalue weighted by molar-refractivity contribution is 5.66. The van der Waals surface area contributed by atoms with Crippen molar-refractivity contribution in [2.24, 2.45) is 0 Å². The summed E-state index contributed by atoms with van der Waals surface area (Å²) in [5.41, 5.74) is 0. The summed E-state index contributed by atoms with van der Waals surface area (Å²) in [6, 6.07) is 0. The van der Waals surface area contributed by atoms with Crippen molar-refractivity contribution < 1.29 is 34.5 Å². The van der Waals surface area contributed by atoms with E-state index in [1.54, 1.807) is 0 Å². The standard InChI is InChI=1S/C6H10N2O9/c9-6(10)1-2-15-3-5(17-8(13)14)4-16-7(11)12/h5H,1-4H2,(H,9,10)/t5-/m0/s1. The Labute approximate surface area is 94.1 Å². The van der Waals surface area contributed by atoms with Crippen LogP contribution < -0.4 is 0 Å². The number of carbonyl (C=O) groups is 1. The Balaban J connectivity index is 3.88. The third-order valence-electron chi connectivity index (χ3n) is 1.36. The molecule has 11 heteroatoms. The molecule has 0 aromatic carbocycles. The summed E-state index contributed by atoms with van der Waals surface area (Å²) in [6.07, 6.45) is -1.58. The molecule has 0 fully saturated rings. The van der Waals surface area contributed by atoms with Crippen LogP contribution in [0.25, 0.3) is 0 Å². The Morgan fingerprint density at radius 3 is 2.35 bits per heavy atom. The summed E-state index contributed by atoms with van der Waals surface area (Å²) in [7, 11) is 0. The molecule has 0 aromatic rings. The van der Waals surface area contributed by atoms with E-state index in [1.165, 1.54) is 0 Å². The lowest BCUT2D eigenvalue weighted by Crippen LogP contribution is -2.29. The van der Waals surface area contributed by atoms with Crippen LogP contribution in [-0.2, 0) is 19.2 Å². The minimum Gasteiger partial charge on any atom is -0.481 e. The van der Waals surface area contributed by atoms with Gasteiger partial charge in [-0.1, -0.05) is 0 Å². The molecule has 0 saturated heterocycles. The van der Waals surface area contributed by atoms with Gasteiger partial charge in [0.1, 0.15) is 6.61 Å². The fourth-order valence-corrected chi connectivity index (χ4v) is 0.749. The fraction of sp³-hybridized carbons (Fsp3) is 0.833. The molecular formula is C6H10N2O9. The highest BCUT2D eigenvalue weighted by Crippen LogP contribution is 1.97. The van der Waals surface area contributed by atoms with Gasteiger partial charge in [0.2, 0.25) is 0 Å². The van der Waals surface area contributed by atoms with Crippen LogP contribution in [0.2, 0.25) is 0 Å². The van der Waals surface area contributed by atoms with Crippen molar-refractivity contribution in [1.29, 1.82) is 0 Å². The predicted molar refractivity (Wildman–Crippen MR) is 47.9 cm³/mol. The highest BCUT2D eigenvalue weighted by atomic mass is 17.0. The molecule has 0 saturated carbocycles. The predicted octanol–water partition coefficient (Wildman–Crippen LogP) is -0.737. The van der Waals surface area contributed by atoms with E-state index in [0.717, 1.165) is 0 Å². The van der Waals surface area contributed by atoms with E-state index in [0.29, 0.717) is 0 Å². The van der Waals surface area contributed by atoms with Crippen LogP contribution >= 0.6 is 0 Å². The Morgan fingerprint density at radius 1 is 1.24 bits per heavy atom. The second-order valence-electron chi connectivity index (χ2n) is 2.69. The van der Waals surface area contributed by atoms with Gasteiger partial charge in [0, 0.05) is 0 Å². The van der Waals surface area contributed by atoms with Gasteiger partial charge in [-0.05, 0) is 0 Å². The maximum Gasteiger partial charge on any atom is 0.305 e. The summed E-state index contributed by atoms with van der Waals surface area (Å²) in [5, 5.41) is 25.8. The van der Waals surface area contributed by atoms with Crippen molar-refractivity contribution in [3.05, 3.63) is 20.2 Å². The average Bonchev–Trinajstić information content (AvgIpc) is 2.19. The van der Waals surface area contributed by atoms with Crippen LogP contribution in [0, 0.1) is 20.2 Å². The van der Waals surface area contributed by atoms with Crippen molar-refractivity contribution in [3.63, 3.8) is 0 Å². The molecule has 17 heavy (non-hydrogen) atoms. The van der Waals surface area contributed by atoms with E-state index in [-0.39, 0.29) is 19.6 Å². The number of carboxylic acid groups (broad SMARTS) is 1. The van der Waals surface area contributed by atoms with E-state index < -0.39 is 28.9 Å². The molecule has 0 aliphatic heterocycles. The van der Waals surface area contributed by atoms with Gasteiger partial charge in [-0.3, -0.25) is 4.79 Å². The lowest BCUT2D eigenvalue weighted by Gasteiger charge is -2.13. The first-order chi connectivity index (χ1) is 7.91. The maximum absolute atomic E-state index is 10.1. The van der Waals surface area contributed by atoms with E-state index >= 15 is 0 Å². The summed E-state index contributed by atoms with van der Waals surface area (Å²) in [4.78, 5) is 37.9. The second-order valence-corrected chi connectivity index (χ2v) is 2.69. The molecule has 0 aliphatic rings. The summed E-state index contributed by atoms with van der Waals surface area (Å²) in [5.74, 6) is -1.10. The molecule has 0 unspecified atom stereocenters. The molecular weight excluding hydrogens is 244 g/mol. The topological polar surface area (TPSA) is 151 Å². The lowest BCUT2D eigenvalue weighted by atomic mass is 10.4. The molecule has 11 nitrogen and oxygen atoms in total. The summed E-state index contributed by atoms with van der Waals surface area (Å²) in [6.45, 7) is -1.26. The molecule has 98 valence electrons. The van der Waals surface area contributed by atoms with Crippen molar-refractivity contribution in [2.45, 2.75) is 12.5 Å². The number of rotatable bonds is 10. The highest BCUT2D eigenvalue weighted by Gasteiger charge is 2.16. The molecule has 0 aliphatic carbocycles. The van der Waals surface area contributed by atoms with Crippen LogP contribution in [0.5, 0.6) is 0 Å². The number of nitrogens with zero attached hydrogens (tertiary/aromatic N) is 2. The zero-order valence-corrected chi connectivity index (χ0v) is 8.51. The molecule has 0 radical (unpaired) electrons. The first-order valence-electron chi connectivity index (χ1n) is 4.29. The Bertz CT molecular complexity index is 281. The van der Waals surface area contributed by atoms with Crippen LogP contribution in [0.3, 0.4) is 0 Å². The van der Waals surface area contributed by atoms with Crippen molar-refractivity contribution >= 4 is 5.97 Å². The second kappa shape index (κ2) is 8.04.